The maximum absolute atomic E-state index is 12.0. The zero-order valence-electron chi connectivity index (χ0n) is 13.3. The van der Waals surface area contributed by atoms with Gasteiger partial charge in [0.2, 0.25) is 0 Å². The van der Waals surface area contributed by atoms with E-state index in [9.17, 15) is 19.7 Å². The predicted molar refractivity (Wildman–Crippen MR) is 94.8 cm³/mol. The fraction of sp³-hybridized carbons (Fsp3) is 0.250. The Labute approximate surface area is 146 Å². The van der Waals surface area contributed by atoms with Crippen LogP contribution in [0, 0.1) is 15.5 Å². The minimum atomic E-state index is -0.584. The standard InChI is InChI=1S/C16H15ClN2O4S/c1-16(2,3)13(20)8-14-18-15(21)12(24-14)7-9-4-5-10(17)11(6-9)19(22)23/h4-8H,1-3H3,(H,18,21)/b12-7-,14-8-. The number of carbonyl (C=O) groups excluding carboxylic acids is 1. The molecular weight excluding hydrogens is 352 g/mol. The summed E-state index contributed by atoms with van der Waals surface area (Å²) in [5, 5.41) is 10.9. The summed E-state index contributed by atoms with van der Waals surface area (Å²) >= 11 is 6.88. The van der Waals surface area contributed by atoms with Gasteiger partial charge in [-0.25, -0.2) is 0 Å². The Balaban J connectivity index is 2.52. The second-order valence-corrected chi connectivity index (χ2v) is 7.65. The second-order valence-electron chi connectivity index (χ2n) is 6.16. The van der Waals surface area contributed by atoms with Crippen LogP contribution in [0.3, 0.4) is 0 Å². The number of nitro benzene ring substituents is 1. The number of nitrogens with one attached hydrogen (secondary N) is 1. The maximum Gasteiger partial charge on any atom is 0.288 e. The zero-order chi connectivity index (χ0) is 18.1. The third-order valence-electron chi connectivity index (χ3n) is 3.15. The van der Waals surface area contributed by atoms with Crippen LogP contribution in [0.1, 0.15) is 26.3 Å². The first kappa shape index (κ1) is 18.1. The topological polar surface area (TPSA) is 93.1 Å². The van der Waals surface area contributed by atoms with E-state index in [1.54, 1.807) is 26.8 Å². The summed E-state index contributed by atoms with van der Waals surface area (Å²) in [6, 6.07) is 4.28. The van der Waals surface area contributed by atoms with Gasteiger partial charge in [-0.1, -0.05) is 38.4 Å². The summed E-state index contributed by atoms with van der Waals surface area (Å²) in [6.45, 7) is 5.37. The van der Waals surface area contributed by atoms with E-state index >= 15 is 0 Å². The summed E-state index contributed by atoms with van der Waals surface area (Å²) in [7, 11) is 0. The van der Waals surface area contributed by atoms with E-state index in [1.165, 1.54) is 24.3 Å². The van der Waals surface area contributed by atoms with Crippen LogP contribution in [0.25, 0.3) is 12.2 Å². The highest BCUT2D eigenvalue weighted by Crippen LogP contribution is 2.25. The van der Waals surface area contributed by atoms with E-state index in [4.69, 9.17) is 11.6 Å². The van der Waals surface area contributed by atoms with Crippen molar-refractivity contribution in [2.24, 2.45) is 5.41 Å². The highest BCUT2D eigenvalue weighted by molar-refractivity contribution is 7.07. The number of H-pyrrole nitrogens is 1. The molecule has 0 atom stereocenters. The summed E-state index contributed by atoms with van der Waals surface area (Å²) in [5.74, 6) is -0.103. The Bertz CT molecular complexity index is 983. The third-order valence-corrected chi connectivity index (χ3v) is 4.43. The van der Waals surface area contributed by atoms with Gasteiger partial charge in [-0.15, -0.1) is 11.3 Å². The molecule has 0 spiro atoms. The number of aromatic nitrogens is 1. The van der Waals surface area contributed by atoms with Crippen molar-refractivity contribution >= 4 is 46.6 Å². The molecule has 0 saturated carbocycles. The van der Waals surface area contributed by atoms with Gasteiger partial charge in [0.1, 0.15) is 5.02 Å². The van der Waals surface area contributed by atoms with Crippen LogP contribution in [0.2, 0.25) is 5.02 Å². The molecule has 6 nitrogen and oxygen atoms in total. The number of nitrogens with zero attached hydrogens (tertiary/aromatic N) is 1. The number of nitro groups is 1. The van der Waals surface area contributed by atoms with Crippen molar-refractivity contribution in [1.82, 2.24) is 4.98 Å². The zero-order valence-corrected chi connectivity index (χ0v) is 14.8. The molecule has 8 heteroatoms. The monoisotopic (exact) mass is 366 g/mol. The molecule has 0 bridgehead atoms. The molecule has 0 fully saturated rings. The van der Waals surface area contributed by atoms with E-state index in [0.717, 1.165) is 11.3 Å². The Hall–Kier alpha value is -2.25. The second kappa shape index (κ2) is 6.70. The van der Waals surface area contributed by atoms with Crippen molar-refractivity contribution in [3.8, 4) is 0 Å². The van der Waals surface area contributed by atoms with Gasteiger partial charge in [-0.05, 0) is 17.7 Å². The molecule has 0 aliphatic heterocycles. The van der Waals surface area contributed by atoms with Crippen LogP contribution in [-0.2, 0) is 4.79 Å². The summed E-state index contributed by atoms with van der Waals surface area (Å²) in [5.41, 5.74) is -0.646. The van der Waals surface area contributed by atoms with Crippen molar-refractivity contribution < 1.29 is 9.72 Å². The maximum atomic E-state index is 12.0. The Morgan fingerprint density at radius 3 is 2.62 bits per heavy atom. The summed E-state index contributed by atoms with van der Waals surface area (Å²) in [4.78, 5) is 36.9. The molecule has 0 amide bonds. The molecule has 0 aliphatic rings. The van der Waals surface area contributed by atoms with Crippen molar-refractivity contribution in [3.63, 3.8) is 0 Å². The number of benzene rings is 1. The Morgan fingerprint density at radius 2 is 2.04 bits per heavy atom. The molecule has 0 saturated heterocycles. The molecular formula is C16H15ClN2O4S. The van der Waals surface area contributed by atoms with E-state index in [0.29, 0.717) is 14.8 Å². The van der Waals surface area contributed by atoms with Crippen LogP contribution in [-0.4, -0.2) is 15.7 Å². The molecule has 0 aliphatic carbocycles. The number of aromatic amines is 1. The fourth-order valence-corrected chi connectivity index (χ4v) is 2.84. The largest absolute Gasteiger partial charge is 0.313 e. The first-order valence-corrected chi connectivity index (χ1v) is 8.18. The third kappa shape index (κ3) is 4.18. The molecule has 1 heterocycles. The number of rotatable bonds is 3. The smallest absolute Gasteiger partial charge is 0.288 e. The van der Waals surface area contributed by atoms with Crippen LogP contribution in [0.4, 0.5) is 5.69 Å². The lowest BCUT2D eigenvalue weighted by Gasteiger charge is -2.12. The molecule has 2 aromatic rings. The lowest BCUT2D eigenvalue weighted by atomic mass is 9.91. The molecule has 2 rings (SSSR count). The Kier molecular flexibility index (Phi) is 5.05. The molecule has 24 heavy (non-hydrogen) atoms. The number of hydrogen-bond donors (Lipinski definition) is 1. The lowest BCUT2D eigenvalue weighted by molar-refractivity contribution is -0.384. The van der Waals surface area contributed by atoms with Crippen molar-refractivity contribution in [1.29, 1.82) is 0 Å². The van der Waals surface area contributed by atoms with Gasteiger partial charge in [0.15, 0.2) is 5.78 Å². The van der Waals surface area contributed by atoms with Crippen LogP contribution >= 0.6 is 22.9 Å². The summed E-state index contributed by atoms with van der Waals surface area (Å²) in [6.07, 6.45) is 2.92. The quantitative estimate of drug-likeness (QED) is 0.665. The van der Waals surface area contributed by atoms with Crippen molar-refractivity contribution in [2.75, 3.05) is 0 Å². The molecule has 0 unspecified atom stereocenters. The molecule has 126 valence electrons. The molecule has 1 aromatic carbocycles. The number of hydrogen-bond acceptors (Lipinski definition) is 5. The average Bonchev–Trinajstić information content (AvgIpc) is 2.79. The normalized spacial score (nSPS) is 13.3. The minimum absolute atomic E-state index is 0.0297. The SMILES string of the molecule is CC(C)(C)C(=O)/C=c1/[nH]c(=O)/c(=C/c2ccc(Cl)c([N+](=O)[O-])c2)s1. The average molecular weight is 367 g/mol. The first-order valence-electron chi connectivity index (χ1n) is 6.99. The minimum Gasteiger partial charge on any atom is -0.313 e. The van der Waals surface area contributed by atoms with Crippen LogP contribution in [0.5, 0.6) is 0 Å². The molecule has 1 aromatic heterocycles. The number of Topliss-reactive ketones (excluding diaryl/α,β-unsaturated/α-hetero) is 1. The van der Waals surface area contributed by atoms with Gasteiger partial charge in [0.05, 0.1) is 14.1 Å². The van der Waals surface area contributed by atoms with Gasteiger partial charge < -0.3 is 4.98 Å². The van der Waals surface area contributed by atoms with E-state index in [-0.39, 0.29) is 22.1 Å². The number of ketones is 1. The Morgan fingerprint density at radius 1 is 1.38 bits per heavy atom. The highest BCUT2D eigenvalue weighted by Gasteiger charge is 2.18. The van der Waals surface area contributed by atoms with Gasteiger partial charge >= 0.3 is 0 Å². The van der Waals surface area contributed by atoms with Crippen molar-refractivity contribution in [3.05, 3.63) is 58.4 Å². The van der Waals surface area contributed by atoms with E-state index in [1.807, 2.05) is 0 Å². The van der Waals surface area contributed by atoms with E-state index in [2.05, 4.69) is 4.98 Å². The number of halogens is 1. The van der Waals surface area contributed by atoms with Crippen LogP contribution < -0.4 is 14.8 Å². The van der Waals surface area contributed by atoms with E-state index < -0.39 is 10.3 Å². The van der Waals surface area contributed by atoms with Gasteiger partial charge in [-0.2, -0.15) is 0 Å². The van der Waals surface area contributed by atoms with Gasteiger partial charge in [0.25, 0.3) is 11.2 Å². The predicted octanol–water partition coefficient (Wildman–Crippen LogP) is 2.22. The first-order chi connectivity index (χ1) is 11.1. The number of carbonyl (C=O) groups is 1. The van der Waals surface area contributed by atoms with Gasteiger partial charge in [-0.3, -0.25) is 19.7 Å². The molecule has 0 radical (unpaired) electrons. The summed E-state index contributed by atoms with van der Waals surface area (Å²) < 4.78 is 0.786. The lowest BCUT2D eigenvalue weighted by Crippen LogP contribution is -2.22. The highest BCUT2D eigenvalue weighted by atomic mass is 35.5. The fourth-order valence-electron chi connectivity index (χ4n) is 1.77. The molecule has 1 N–H and O–H groups in total. The van der Waals surface area contributed by atoms with Crippen LogP contribution in [0.15, 0.2) is 23.0 Å². The number of thiazole rings is 1. The van der Waals surface area contributed by atoms with Gasteiger partial charge in [0, 0.05) is 17.6 Å². The van der Waals surface area contributed by atoms with Crippen molar-refractivity contribution in [2.45, 2.75) is 20.8 Å².